The van der Waals surface area contributed by atoms with E-state index in [2.05, 4.69) is 15.5 Å². The van der Waals surface area contributed by atoms with Crippen LogP contribution in [0.3, 0.4) is 0 Å². The Bertz CT molecular complexity index is 548. The third-order valence-electron chi connectivity index (χ3n) is 4.53. The van der Waals surface area contributed by atoms with Crippen LogP contribution < -0.4 is 15.4 Å². The summed E-state index contributed by atoms with van der Waals surface area (Å²) in [4.78, 5) is 13.9. The van der Waals surface area contributed by atoms with Crippen molar-refractivity contribution in [3.05, 3.63) is 29.8 Å². The highest BCUT2D eigenvalue weighted by molar-refractivity contribution is 5.77. The number of hydrogen-bond donors (Lipinski definition) is 2. The maximum atomic E-state index is 11.3. The highest BCUT2D eigenvalue weighted by atomic mass is 16.5. The molecule has 1 aliphatic heterocycles. The normalized spacial score (nSPS) is 21.5. The number of rotatable bonds is 8. The average Bonchev–Trinajstić information content (AvgIpc) is 3.46. The number of nitrogens with one attached hydrogen (secondary N) is 2. The molecular formula is C18H27N3O3. The Morgan fingerprint density at radius 3 is 3.00 bits per heavy atom. The van der Waals surface area contributed by atoms with Crippen molar-refractivity contribution in [2.45, 2.75) is 31.5 Å². The van der Waals surface area contributed by atoms with Gasteiger partial charge in [-0.15, -0.1) is 0 Å². The van der Waals surface area contributed by atoms with Crippen LogP contribution in [-0.2, 0) is 16.1 Å². The van der Waals surface area contributed by atoms with E-state index in [4.69, 9.17) is 9.47 Å². The van der Waals surface area contributed by atoms with Crippen LogP contribution in [-0.4, -0.2) is 62.8 Å². The van der Waals surface area contributed by atoms with Crippen LogP contribution in [0.15, 0.2) is 24.3 Å². The summed E-state index contributed by atoms with van der Waals surface area (Å²) in [6.45, 7) is 4.48. The van der Waals surface area contributed by atoms with Crippen LogP contribution in [0.4, 0.5) is 0 Å². The number of ether oxygens (including phenoxy) is 2. The van der Waals surface area contributed by atoms with Gasteiger partial charge in [-0.3, -0.25) is 9.69 Å². The quantitative estimate of drug-likeness (QED) is 0.736. The first-order chi connectivity index (χ1) is 11.8. The van der Waals surface area contributed by atoms with Gasteiger partial charge in [0.05, 0.1) is 12.7 Å². The van der Waals surface area contributed by atoms with E-state index in [9.17, 15) is 4.79 Å². The molecular weight excluding hydrogens is 306 g/mol. The van der Waals surface area contributed by atoms with Gasteiger partial charge >= 0.3 is 0 Å². The molecule has 1 aromatic rings. The molecule has 1 aromatic carbocycles. The molecule has 1 saturated carbocycles. The summed E-state index contributed by atoms with van der Waals surface area (Å²) in [6, 6.07) is 8.61. The number of likely N-dealkylation sites (N-methyl/N-ethyl adjacent to an activating group) is 1. The van der Waals surface area contributed by atoms with E-state index in [1.807, 2.05) is 24.3 Å². The number of morpholine rings is 1. The van der Waals surface area contributed by atoms with E-state index in [0.717, 1.165) is 43.6 Å². The van der Waals surface area contributed by atoms with Crippen molar-refractivity contribution < 1.29 is 14.3 Å². The van der Waals surface area contributed by atoms with Crippen molar-refractivity contribution in [2.24, 2.45) is 0 Å². The van der Waals surface area contributed by atoms with Crippen LogP contribution in [0.25, 0.3) is 0 Å². The first kappa shape index (κ1) is 17.2. The number of para-hydroxylation sites is 1. The van der Waals surface area contributed by atoms with E-state index in [0.29, 0.717) is 6.54 Å². The number of carbonyl (C=O) groups is 1. The van der Waals surface area contributed by atoms with Gasteiger partial charge in [0.25, 0.3) is 5.91 Å². The second-order valence-electron chi connectivity index (χ2n) is 6.42. The first-order valence-electron chi connectivity index (χ1n) is 8.74. The van der Waals surface area contributed by atoms with Gasteiger partial charge in [0.2, 0.25) is 0 Å². The minimum absolute atomic E-state index is 0.0373. The topological polar surface area (TPSA) is 62.8 Å². The standard InChI is InChI=1S/C18H27N3O3/c1-19-18(22)13-24-17-5-3-2-4-14(17)10-20-11-16-12-21(8-9-23-16)15-6-7-15/h2-5,15-16,20H,6-13H2,1H3,(H,19,22). The molecule has 1 heterocycles. The van der Waals surface area contributed by atoms with Gasteiger partial charge in [-0.05, 0) is 18.9 Å². The molecule has 0 bridgehead atoms. The Morgan fingerprint density at radius 1 is 1.38 bits per heavy atom. The van der Waals surface area contributed by atoms with Crippen molar-refractivity contribution in [3.63, 3.8) is 0 Å². The molecule has 1 atom stereocenters. The highest BCUT2D eigenvalue weighted by Gasteiger charge is 2.32. The average molecular weight is 333 g/mol. The monoisotopic (exact) mass is 333 g/mol. The van der Waals surface area contributed by atoms with Crippen LogP contribution >= 0.6 is 0 Å². The number of amides is 1. The SMILES string of the molecule is CNC(=O)COc1ccccc1CNCC1CN(C2CC2)CCO1. The first-order valence-corrected chi connectivity index (χ1v) is 8.74. The summed E-state index contributed by atoms with van der Waals surface area (Å²) in [5.41, 5.74) is 1.05. The molecule has 0 aromatic heterocycles. The maximum absolute atomic E-state index is 11.3. The van der Waals surface area contributed by atoms with E-state index in [-0.39, 0.29) is 18.6 Å². The number of carbonyl (C=O) groups excluding carboxylic acids is 1. The van der Waals surface area contributed by atoms with Gasteiger partial charge in [0, 0.05) is 44.8 Å². The molecule has 2 aliphatic rings. The lowest BCUT2D eigenvalue weighted by molar-refractivity contribution is -0.122. The summed E-state index contributed by atoms with van der Waals surface area (Å²) in [5.74, 6) is 0.617. The van der Waals surface area contributed by atoms with Crippen molar-refractivity contribution >= 4 is 5.91 Å². The lowest BCUT2D eigenvalue weighted by Gasteiger charge is -2.33. The molecule has 6 nitrogen and oxygen atoms in total. The fraction of sp³-hybridized carbons (Fsp3) is 0.611. The summed E-state index contributed by atoms with van der Waals surface area (Å²) in [5, 5.41) is 6.02. The molecule has 24 heavy (non-hydrogen) atoms. The van der Waals surface area contributed by atoms with Gasteiger partial charge in [0.15, 0.2) is 6.61 Å². The lowest BCUT2D eigenvalue weighted by Crippen LogP contribution is -2.47. The third-order valence-corrected chi connectivity index (χ3v) is 4.53. The Labute approximate surface area is 143 Å². The summed E-state index contributed by atoms with van der Waals surface area (Å²) in [6.07, 6.45) is 2.94. The fourth-order valence-electron chi connectivity index (χ4n) is 3.01. The Morgan fingerprint density at radius 2 is 2.21 bits per heavy atom. The highest BCUT2D eigenvalue weighted by Crippen LogP contribution is 2.28. The largest absolute Gasteiger partial charge is 0.483 e. The van der Waals surface area contributed by atoms with Crippen LogP contribution in [0.1, 0.15) is 18.4 Å². The molecule has 0 radical (unpaired) electrons. The molecule has 1 amide bonds. The molecule has 6 heteroatoms. The molecule has 132 valence electrons. The van der Waals surface area contributed by atoms with Crippen LogP contribution in [0, 0.1) is 0 Å². The minimum atomic E-state index is -0.131. The molecule has 1 saturated heterocycles. The fourth-order valence-corrected chi connectivity index (χ4v) is 3.01. The summed E-state index contributed by atoms with van der Waals surface area (Å²) < 4.78 is 11.5. The second-order valence-corrected chi connectivity index (χ2v) is 6.42. The van der Waals surface area contributed by atoms with Crippen molar-refractivity contribution in [2.75, 3.05) is 39.9 Å². The summed E-state index contributed by atoms with van der Waals surface area (Å²) in [7, 11) is 1.61. The molecule has 2 fully saturated rings. The zero-order chi connectivity index (χ0) is 16.8. The zero-order valence-corrected chi connectivity index (χ0v) is 14.3. The van der Waals surface area contributed by atoms with Crippen molar-refractivity contribution in [1.29, 1.82) is 0 Å². The van der Waals surface area contributed by atoms with E-state index in [1.54, 1.807) is 7.05 Å². The molecule has 1 aliphatic carbocycles. The minimum Gasteiger partial charge on any atom is -0.483 e. The van der Waals surface area contributed by atoms with E-state index >= 15 is 0 Å². The van der Waals surface area contributed by atoms with E-state index < -0.39 is 0 Å². The number of hydrogen-bond acceptors (Lipinski definition) is 5. The number of benzene rings is 1. The van der Waals surface area contributed by atoms with Crippen LogP contribution in [0.2, 0.25) is 0 Å². The Balaban J connectivity index is 1.45. The molecule has 1 unspecified atom stereocenters. The van der Waals surface area contributed by atoms with Gasteiger partial charge < -0.3 is 20.1 Å². The van der Waals surface area contributed by atoms with E-state index in [1.165, 1.54) is 12.8 Å². The number of nitrogens with zero attached hydrogens (tertiary/aromatic N) is 1. The smallest absolute Gasteiger partial charge is 0.257 e. The van der Waals surface area contributed by atoms with Gasteiger partial charge in [0.1, 0.15) is 5.75 Å². The van der Waals surface area contributed by atoms with Crippen molar-refractivity contribution in [3.8, 4) is 5.75 Å². The predicted octanol–water partition coefficient (Wildman–Crippen LogP) is 0.764. The van der Waals surface area contributed by atoms with Crippen LogP contribution in [0.5, 0.6) is 5.75 Å². The zero-order valence-electron chi connectivity index (χ0n) is 14.3. The molecule has 2 N–H and O–H groups in total. The van der Waals surface area contributed by atoms with Crippen molar-refractivity contribution in [1.82, 2.24) is 15.5 Å². The Hall–Kier alpha value is -1.63. The summed E-state index contributed by atoms with van der Waals surface area (Å²) >= 11 is 0. The predicted molar refractivity (Wildman–Crippen MR) is 92.0 cm³/mol. The second kappa shape index (κ2) is 8.46. The van der Waals surface area contributed by atoms with Gasteiger partial charge in [-0.25, -0.2) is 0 Å². The van der Waals surface area contributed by atoms with Gasteiger partial charge in [-0.2, -0.15) is 0 Å². The van der Waals surface area contributed by atoms with Gasteiger partial charge in [-0.1, -0.05) is 18.2 Å². The lowest BCUT2D eigenvalue weighted by atomic mass is 10.2. The maximum Gasteiger partial charge on any atom is 0.257 e. The molecule has 3 rings (SSSR count). The Kier molecular flexibility index (Phi) is 6.07. The third kappa shape index (κ3) is 4.93. The molecule has 0 spiro atoms.